The lowest BCUT2D eigenvalue weighted by Crippen LogP contribution is -2.23. The number of hydrogen-bond donors (Lipinski definition) is 1. The van der Waals surface area contributed by atoms with Crippen LogP contribution in [0.1, 0.15) is 16.1 Å². The smallest absolute Gasteiger partial charge is 0.252 e. The SMILES string of the molecule is Cc1ccc(OCC#CCNC(=O)c2cccc(F)c2)cn1. The summed E-state index contributed by atoms with van der Waals surface area (Å²) in [5, 5.41) is 2.59. The summed E-state index contributed by atoms with van der Waals surface area (Å²) in [7, 11) is 0. The number of pyridine rings is 1. The summed E-state index contributed by atoms with van der Waals surface area (Å²) in [6, 6.07) is 9.15. The van der Waals surface area contributed by atoms with Crippen molar-refractivity contribution in [1.29, 1.82) is 0 Å². The van der Waals surface area contributed by atoms with E-state index in [0.717, 1.165) is 5.69 Å². The first-order valence-electron chi connectivity index (χ1n) is 6.70. The molecule has 0 aliphatic heterocycles. The number of nitrogens with zero attached hydrogens (tertiary/aromatic N) is 1. The highest BCUT2D eigenvalue weighted by Gasteiger charge is 2.04. The fraction of sp³-hybridized carbons (Fsp3) is 0.176. The number of amides is 1. The van der Waals surface area contributed by atoms with Gasteiger partial charge < -0.3 is 10.1 Å². The fourth-order valence-corrected chi connectivity index (χ4v) is 1.63. The van der Waals surface area contributed by atoms with Gasteiger partial charge in [0.2, 0.25) is 0 Å². The van der Waals surface area contributed by atoms with Crippen molar-refractivity contribution in [2.24, 2.45) is 0 Å². The van der Waals surface area contributed by atoms with Crippen LogP contribution in [0, 0.1) is 24.6 Å². The fourth-order valence-electron chi connectivity index (χ4n) is 1.63. The Bertz CT molecular complexity index is 703. The molecule has 22 heavy (non-hydrogen) atoms. The number of aryl methyl sites for hydroxylation is 1. The normalized spacial score (nSPS) is 9.55. The second-order valence-electron chi connectivity index (χ2n) is 4.47. The quantitative estimate of drug-likeness (QED) is 0.882. The van der Waals surface area contributed by atoms with Crippen LogP contribution in [-0.4, -0.2) is 24.0 Å². The number of rotatable bonds is 4. The summed E-state index contributed by atoms with van der Waals surface area (Å²) < 4.78 is 18.3. The van der Waals surface area contributed by atoms with E-state index >= 15 is 0 Å². The van der Waals surface area contributed by atoms with Gasteiger partial charge in [-0.1, -0.05) is 17.9 Å². The molecule has 0 spiro atoms. The predicted molar refractivity (Wildman–Crippen MR) is 81.0 cm³/mol. The third-order valence-electron chi connectivity index (χ3n) is 2.74. The number of carbonyl (C=O) groups excluding carboxylic acids is 1. The lowest BCUT2D eigenvalue weighted by atomic mass is 10.2. The van der Waals surface area contributed by atoms with Crippen molar-refractivity contribution in [3.8, 4) is 17.6 Å². The maximum atomic E-state index is 13.0. The van der Waals surface area contributed by atoms with E-state index in [1.807, 2.05) is 19.1 Å². The molecule has 0 unspecified atom stereocenters. The largest absolute Gasteiger partial charge is 0.479 e. The van der Waals surface area contributed by atoms with Gasteiger partial charge in [-0.3, -0.25) is 9.78 Å². The Hall–Kier alpha value is -2.87. The van der Waals surface area contributed by atoms with Crippen molar-refractivity contribution >= 4 is 5.91 Å². The minimum absolute atomic E-state index is 0.171. The molecule has 0 fully saturated rings. The van der Waals surface area contributed by atoms with E-state index in [1.165, 1.54) is 18.2 Å². The molecule has 0 saturated carbocycles. The number of halogens is 1. The Kier molecular flexibility index (Phi) is 5.50. The summed E-state index contributed by atoms with van der Waals surface area (Å²) >= 11 is 0. The van der Waals surface area contributed by atoms with E-state index in [1.54, 1.807) is 12.3 Å². The van der Waals surface area contributed by atoms with Crippen LogP contribution in [0.25, 0.3) is 0 Å². The van der Waals surface area contributed by atoms with Gasteiger partial charge in [0, 0.05) is 11.3 Å². The van der Waals surface area contributed by atoms with Crippen LogP contribution in [0.2, 0.25) is 0 Å². The maximum Gasteiger partial charge on any atom is 0.252 e. The standard InChI is InChI=1S/C17H15FN2O2/c1-13-7-8-16(12-20-13)22-10-3-2-9-19-17(21)14-5-4-6-15(18)11-14/h4-8,11-12H,9-10H2,1H3,(H,19,21). The van der Waals surface area contributed by atoms with Crippen LogP contribution >= 0.6 is 0 Å². The molecule has 112 valence electrons. The van der Waals surface area contributed by atoms with E-state index in [9.17, 15) is 9.18 Å². The number of carbonyl (C=O) groups is 1. The van der Waals surface area contributed by atoms with Gasteiger partial charge in [-0.15, -0.1) is 0 Å². The molecule has 2 aromatic rings. The van der Waals surface area contributed by atoms with Crippen molar-refractivity contribution in [3.63, 3.8) is 0 Å². The van der Waals surface area contributed by atoms with Gasteiger partial charge in [0.05, 0.1) is 12.7 Å². The van der Waals surface area contributed by atoms with Gasteiger partial charge in [-0.2, -0.15) is 0 Å². The first-order chi connectivity index (χ1) is 10.6. The first kappa shape index (κ1) is 15.5. The second kappa shape index (κ2) is 7.79. The third-order valence-corrected chi connectivity index (χ3v) is 2.74. The molecule has 1 N–H and O–H groups in total. The Morgan fingerprint density at radius 1 is 1.32 bits per heavy atom. The minimum Gasteiger partial charge on any atom is -0.479 e. The van der Waals surface area contributed by atoms with Gasteiger partial charge in [-0.25, -0.2) is 4.39 Å². The minimum atomic E-state index is -0.446. The third kappa shape index (κ3) is 4.91. The average Bonchev–Trinajstić information content (AvgIpc) is 2.52. The zero-order valence-electron chi connectivity index (χ0n) is 12.1. The zero-order chi connectivity index (χ0) is 15.8. The molecule has 4 nitrogen and oxygen atoms in total. The van der Waals surface area contributed by atoms with E-state index in [2.05, 4.69) is 22.1 Å². The number of hydrogen-bond acceptors (Lipinski definition) is 3. The van der Waals surface area contributed by atoms with Gasteiger partial charge in [0.1, 0.15) is 18.2 Å². The molecule has 0 atom stereocenters. The van der Waals surface area contributed by atoms with Crippen molar-refractivity contribution < 1.29 is 13.9 Å². The summed E-state index contributed by atoms with van der Waals surface area (Å²) in [5.74, 6) is 5.37. The molecule has 0 aliphatic carbocycles. The number of nitrogens with one attached hydrogen (secondary N) is 1. The predicted octanol–water partition coefficient (Wildman–Crippen LogP) is 2.34. The van der Waals surface area contributed by atoms with E-state index in [4.69, 9.17) is 4.74 Å². The van der Waals surface area contributed by atoms with Crippen LogP contribution < -0.4 is 10.1 Å². The van der Waals surface area contributed by atoms with Gasteiger partial charge in [-0.05, 0) is 37.3 Å². The lowest BCUT2D eigenvalue weighted by Gasteiger charge is -2.02. The van der Waals surface area contributed by atoms with Gasteiger partial charge >= 0.3 is 0 Å². The molecule has 1 aromatic carbocycles. The van der Waals surface area contributed by atoms with Crippen molar-refractivity contribution in [2.75, 3.05) is 13.2 Å². The molecule has 0 bridgehead atoms. The molecule has 1 heterocycles. The Balaban J connectivity index is 1.73. The average molecular weight is 298 g/mol. The molecule has 0 saturated heterocycles. The maximum absolute atomic E-state index is 13.0. The summed E-state index contributed by atoms with van der Waals surface area (Å²) in [4.78, 5) is 15.8. The second-order valence-corrected chi connectivity index (χ2v) is 4.47. The lowest BCUT2D eigenvalue weighted by molar-refractivity contribution is 0.0958. The van der Waals surface area contributed by atoms with Gasteiger partial charge in [0.15, 0.2) is 0 Å². The summed E-state index contributed by atoms with van der Waals surface area (Å²) in [6.45, 7) is 2.27. The van der Waals surface area contributed by atoms with Crippen LogP contribution in [0.5, 0.6) is 5.75 Å². The summed E-state index contributed by atoms with van der Waals surface area (Å²) in [5.41, 5.74) is 1.18. The highest BCUT2D eigenvalue weighted by Crippen LogP contribution is 2.07. The summed E-state index contributed by atoms with van der Waals surface area (Å²) in [6.07, 6.45) is 1.63. The van der Waals surface area contributed by atoms with E-state index in [0.29, 0.717) is 5.75 Å². The van der Waals surface area contributed by atoms with E-state index < -0.39 is 5.82 Å². The van der Waals surface area contributed by atoms with Crippen LogP contribution in [0.4, 0.5) is 4.39 Å². The molecule has 0 radical (unpaired) electrons. The molecular formula is C17H15FN2O2. The van der Waals surface area contributed by atoms with Crippen molar-refractivity contribution in [2.45, 2.75) is 6.92 Å². The van der Waals surface area contributed by atoms with Crippen molar-refractivity contribution in [3.05, 3.63) is 59.7 Å². The Morgan fingerprint density at radius 2 is 2.18 bits per heavy atom. The highest BCUT2D eigenvalue weighted by atomic mass is 19.1. The molecule has 0 aliphatic rings. The topological polar surface area (TPSA) is 51.2 Å². The highest BCUT2D eigenvalue weighted by molar-refractivity contribution is 5.94. The number of ether oxygens (including phenoxy) is 1. The Morgan fingerprint density at radius 3 is 2.91 bits per heavy atom. The molecular weight excluding hydrogens is 283 g/mol. The first-order valence-corrected chi connectivity index (χ1v) is 6.70. The molecule has 1 amide bonds. The molecule has 1 aromatic heterocycles. The monoisotopic (exact) mass is 298 g/mol. The Labute approximate surface area is 128 Å². The van der Waals surface area contributed by atoms with Crippen LogP contribution in [0.3, 0.4) is 0 Å². The zero-order valence-corrected chi connectivity index (χ0v) is 12.1. The number of benzene rings is 1. The molecule has 5 heteroatoms. The van der Waals surface area contributed by atoms with E-state index in [-0.39, 0.29) is 24.6 Å². The molecule has 2 rings (SSSR count). The van der Waals surface area contributed by atoms with Crippen molar-refractivity contribution in [1.82, 2.24) is 10.3 Å². The van der Waals surface area contributed by atoms with Crippen LogP contribution in [0.15, 0.2) is 42.6 Å². The van der Waals surface area contributed by atoms with Crippen LogP contribution in [-0.2, 0) is 0 Å². The van der Waals surface area contributed by atoms with Gasteiger partial charge in [0.25, 0.3) is 5.91 Å². The number of aromatic nitrogens is 1.